The SMILES string of the molecule is O=C(O)c1ccc2c(c1)CC[C@@H]2NC(=O)c1ncnc2c(NCC34CCC(C(=O)O)(CC3)CC4)n[nH]c12. The van der Waals surface area contributed by atoms with Crippen LogP contribution < -0.4 is 10.6 Å². The van der Waals surface area contributed by atoms with E-state index in [0.717, 1.165) is 30.4 Å². The number of H-pyrrole nitrogens is 1. The quantitative estimate of drug-likeness (QED) is 0.324. The predicted molar refractivity (Wildman–Crippen MR) is 132 cm³/mol. The molecule has 2 bridgehead atoms. The Bertz CT molecular complexity index is 1410. The lowest BCUT2D eigenvalue weighted by Crippen LogP contribution is -2.48. The number of benzene rings is 1. The summed E-state index contributed by atoms with van der Waals surface area (Å²) in [6, 6.07) is 4.76. The van der Waals surface area contributed by atoms with E-state index in [4.69, 9.17) is 0 Å². The molecule has 0 spiro atoms. The lowest BCUT2D eigenvalue weighted by Gasteiger charge is -2.51. The Hall–Kier alpha value is -4.02. The van der Waals surface area contributed by atoms with Crippen LogP contribution in [0, 0.1) is 10.8 Å². The van der Waals surface area contributed by atoms with Gasteiger partial charge in [-0.3, -0.25) is 14.7 Å². The number of carbonyl (C=O) groups excluding carboxylic acids is 1. The molecule has 11 heteroatoms. The monoisotopic (exact) mass is 504 g/mol. The Kier molecular flexibility index (Phi) is 5.39. The third-order valence-electron chi connectivity index (χ3n) is 8.83. The van der Waals surface area contributed by atoms with Gasteiger partial charge in [0.2, 0.25) is 0 Å². The minimum atomic E-state index is -0.970. The lowest BCUT2D eigenvalue weighted by atomic mass is 9.53. The van der Waals surface area contributed by atoms with Crippen LogP contribution in [0.4, 0.5) is 5.82 Å². The topological polar surface area (TPSA) is 170 Å². The molecule has 2 heterocycles. The van der Waals surface area contributed by atoms with Crippen molar-refractivity contribution in [2.75, 3.05) is 11.9 Å². The molecule has 3 aromatic rings. The summed E-state index contributed by atoms with van der Waals surface area (Å²) >= 11 is 0. The van der Waals surface area contributed by atoms with Crippen molar-refractivity contribution in [3.05, 3.63) is 46.9 Å². The normalized spacial score (nSPS) is 26.1. The predicted octanol–water partition coefficient (Wildman–Crippen LogP) is 3.31. The molecule has 1 aromatic carbocycles. The first-order chi connectivity index (χ1) is 17.8. The third kappa shape index (κ3) is 3.89. The number of aromatic amines is 1. The van der Waals surface area contributed by atoms with Crippen molar-refractivity contribution in [2.45, 2.75) is 57.4 Å². The van der Waals surface area contributed by atoms with Gasteiger partial charge in [0.25, 0.3) is 5.91 Å². The van der Waals surface area contributed by atoms with E-state index in [1.54, 1.807) is 18.2 Å². The van der Waals surface area contributed by atoms with E-state index in [2.05, 4.69) is 30.8 Å². The van der Waals surface area contributed by atoms with Crippen LogP contribution in [0.15, 0.2) is 24.5 Å². The van der Waals surface area contributed by atoms with Crippen LogP contribution in [-0.4, -0.2) is 54.8 Å². The van der Waals surface area contributed by atoms with Gasteiger partial charge < -0.3 is 20.8 Å². The molecule has 0 radical (unpaired) electrons. The maximum atomic E-state index is 13.2. The average molecular weight is 505 g/mol. The van der Waals surface area contributed by atoms with Gasteiger partial charge in [-0.15, -0.1) is 0 Å². The first kappa shape index (κ1) is 23.4. The van der Waals surface area contributed by atoms with Gasteiger partial charge in [-0.05, 0) is 80.0 Å². The van der Waals surface area contributed by atoms with Crippen molar-refractivity contribution < 1.29 is 24.6 Å². The largest absolute Gasteiger partial charge is 0.481 e. The number of carbonyl (C=O) groups is 3. The Morgan fingerprint density at radius 2 is 1.81 bits per heavy atom. The highest BCUT2D eigenvalue weighted by molar-refractivity contribution is 6.05. The summed E-state index contributed by atoms with van der Waals surface area (Å²) < 4.78 is 0. The summed E-state index contributed by atoms with van der Waals surface area (Å²) in [6.45, 7) is 0.672. The maximum absolute atomic E-state index is 13.2. The smallest absolute Gasteiger partial charge is 0.335 e. The van der Waals surface area contributed by atoms with Gasteiger partial charge in [-0.2, -0.15) is 5.10 Å². The van der Waals surface area contributed by atoms with E-state index in [1.807, 2.05) is 0 Å². The first-order valence-corrected chi connectivity index (χ1v) is 12.6. The molecular formula is C26H28N6O5. The third-order valence-corrected chi connectivity index (χ3v) is 8.83. The Morgan fingerprint density at radius 3 is 2.51 bits per heavy atom. The first-order valence-electron chi connectivity index (χ1n) is 12.6. The molecule has 4 aliphatic carbocycles. The molecule has 0 unspecified atom stereocenters. The van der Waals surface area contributed by atoms with Gasteiger partial charge in [0.05, 0.1) is 17.0 Å². The van der Waals surface area contributed by atoms with Crippen molar-refractivity contribution in [1.82, 2.24) is 25.5 Å². The number of fused-ring (bicyclic) bond motifs is 5. The second-order valence-electron chi connectivity index (χ2n) is 10.7. The minimum absolute atomic E-state index is 0.0477. The zero-order valence-corrected chi connectivity index (χ0v) is 20.2. The van der Waals surface area contributed by atoms with Crippen LogP contribution in [0.5, 0.6) is 0 Å². The summed E-state index contributed by atoms with van der Waals surface area (Å²) in [7, 11) is 0. The number of aliphatic carboxylic acids is 1. The number of aromatic nitrogens is 4. The highest BCUT2D eigenvalue weighted by Gasteiger charge is 2.52. The van der Waals surface area contributed by atoms with E-state index in [0.29, 0.717) is 55.5 Å². The number of nitrogens with zero attached hydrogens (tertiary/aromatic N) is 3. The van der Waals surface area contributed by atoms with Crippen LogP contribution in [0.1, 0.15) is 83.0 Å². The average Bonchev–Trinajstić information content (AvgIpc) is 3.52. The number of hydrogen-bond donors (Lipinski definition) is 5. The fraction of sp³-hybridized carbons (Fsp3) is 0.462. The molecule has 1 amide bonds. The zero-order valence-electron chi connectivity index (χ0n) is 20.2. The Balaban J connectivity index is 1.16. The summed E-state index contributed by atoms with van der Waals surface area (Å²) in [6.07, 6.45) is 7.45. The van der Waals surface area contributed by atoms with Crippen molar-refractivity contribution in [3.63, 3.8) is 0 Å². The van der Waals surface area contributed by atoms with Gasteiger partial charge >= 0.3 is 11.9 Å². The van der Waals surface area contributed by atoms with Crippen LogP contribution in [0.3, 0.4) is 0 Å². The number of carboxylic acids is 2. The lowest BCUT2D eigenvalue weighted by molar-refractivity contribution is -0.158. The molecule has 0 aliphatic heterocycles. The molecule has 3 fully saturated rings. The van der Waals surface area contributed by atoms with E-state index in [1.165, 1.54) is 6.33 Å². The molecule has 4 aliphatic rings. The number of anilines is 1. The minimum Gasteiger partial charge on any atom is -0.481 e. The van der Waals surface area contributed by atoms with Crippen LogP contribution in [0.25, 0.3) is 11.0 Å². The van der Waals surface area contributed by atoms with Crippen LogP contribution in [-0.2, 0) is 11.2 Å². The summed E-state index contributed by atoms with van der Waals surface area (Å²) in [5, 5.41) is 32.6. The molecule has 5 N–H and O–H groups in total. The number of aryl methyl sites for hydroxylation is 1. The number of nitrogens with one attached hydrogen (secondary N) is 3. The van der Waals surface area contributed by atoms with Crippen molar-refractivity contribution >= 4 is 34.7 Å². The highest BCUT2D eigenvalue weighted by atomic mass is 16.4. The second kappa shape index (κ2) is 8.53. The van der Waals surface area contributed by atoms with Crippen molar-refractivity contribution in [1.29, 1.82) is 0 Å². The number of rotatable bonds is 7. The molecule has 3 saturated carbocycles. The van der Waals surface area contributed by atoms with Gasteiger partial charge in [-0.25, -0.2) is 14.8 Å². The second-order valence-corrected chi connectivity index (χ2v) is 10.7. The Morgan fingerprint density at radius 1 is 1.05 bits per heavy atom. The summed E-state index contributed by atoms with van der Waals surface area (Å²) in [4.78, 5) is 44.7. The van der Waals surface area contributed by atoms with Gasteiger partial charge in [0.15, 0.2) is 11.5 Å². The standard InChI is InChI=1S/C26H28N6O5/c33-22(30-17-4-2-14-11-15(23(34)35)1-3-16(14)17)20-18-19(28-13-29-20)21(32-31-18)27-12-25-5-8-26(9-6-25,10-7-25)24(36)37/h1,3,11,13,17H,2,4-10,12H2,(H,30,33)(H,34,35)(H,36,37)(H2,27,31,32)/t17-,25?,26?/m0/s1. The van der Waals surface area contributed by atoms with Gasteiger partial charge in [0.1, 0.15) is 17.4 Å². The van der Waals surface area contributed by atoms with Gasteiger partial charge in [-0.1, -0.05) is 6.07 Å². The number of carboxylic acid groups (broad SMARTS) is 2. The number of amides is 1. The van der Waals surface area contributed by atoms with Crippen molar-refractivity contribution in [2.24, 2.45) is 10.8 Å². The van der Waals surface area contributed by atoms with E-state index in [-0.39, 0.29) is 28.6 Å². The number of aromatic carboxylic acids is 1. The van der Waals surface area contributed by atoms with E-state index >= 15 is 0 Å². The van der Waals surface area contributed by atoms with E-state index < -0.39 is 17.4 Å². The molecule has 0 saturated heterocycles. The van der Waals surface area contributed by atoms with Crippen LogP contribution >= 0.6 is 0 Å². The molecule has 192 valence electrons. The van der Waals surface area contributed by atoms with Gasteiger partial charge in [0, 0.05) is 6.54 Å². The summed E-state index contributed by atoms with van der Waals surface area (Å²) in [5.41, 5.74) is 2.75. The highest BCUT2D eigenvalue weighted by Crippen LogP contribution is 2.57. The molecule has 11 nitrogen and oxygen atoms in total. The molecule has 1 atom stereocenters. The summed E-state index contributed by atoms with van der Waals surface area (Å²) in [5.74, 6) is -1.44. The fourth-order valence-corrected chi connectivity index (χ4v) is 6.38. The van der Waals surface area contributed by atoms with E-state index in [9.17, 15) is 24.6 Å². The molecule has 7 rings (SSSR count). The molecule has 2 aromatic heterocycles. The maximum Gasteiger partial charge on any atom is 0.335 e. The molecular weight excluding hydrogens is 476 g/mol. The molecule has 37 heavy (non-hydrogen) atoms. The zero-order chi connectivity index (χ0) is 25.8. The van der Waals surface area contributed by atoms with Crippen molar-refractivity contribution in [3.8, 4) is 0 Å². The Labute approximate surface area is 212 Å². The number of hydrogen-bond acceptors (Lipinski definition) is 7. The fourth-order valence-electron chi connectivity index (χ4n) is 6.38. The van der Waals surface area contributed by atoms with Crippen LogP contribution in [0.2, 0.25) is 0 Å².